The van der Waals surface area contributed by atoms with Gasteiger partial charge in [0.2, 0.25) is 5.89 Å². The fourth-order valence-electron chi connectivity index (χ4n) is 1.47. The molecule has 1 heterocycles. The van der Waals surface area contributed by atoms with E-state index in [-0.39, 0.29) is 24.0 Å². The summed E-state index contributed by atoms with van der Waals surface area (Å²) in [5.74, 6) is 0.493. The molecule has 6 heteroatoms. The van der Waals surface area contributed by atoms with Gasteiger partial charge < -0.3 is 9.52 Å². The van der Waals surface area contributed by atoms with Crippen molar-refractivity contribution in [1.29, 1.82) is 0 Å². The van der Waals surface area contributed by atoms with Crippen LogP contribution in [0, 0.1) is 5.82 Å². The number of rotatable bonds is 5. The average Bonchev–Trinajstić information content (AvgIpc) is 2.78. The number of benzene rings is 1. The predicted molar refractivity (Wildman–Crippen MR) is 65.7 cm³/mol. The molecule has 1 aromatic carbocycles. The summed E-state index contributed by atoms with van der Waals surface area (Å²) < 4.78 is 30.2. The van der Waals surface area contributed by atoms with Crippen LogP contribution in [0.2, 0.25) is 0 Å². The molecule has 2 rings (SSSR count). The van der Waals surface area contributed by atoms with Crippen molar-refractivity contribution in [1.82, 2.24) is 4.98 Å². The van der Waals surface area contributed by atoms with E-state index in [1.54, 1.807) is 18.2 Å². The maximum absolute atomic E-state index is 13.5. The van der Waals surface area contributed by atoms with Crippen LogP contribution in [0.4, 0.5) is 4.39 Å². The lowest BCUT2D eigenvalue weighted by atomic mass is 10.2. The van der Waals surface area contributed by atoms with Crippen molar-refractivity contribution in [2.75, 3.05) is 12.4 Å². The summed E-state index contributed by atoms with van der Waals surface area (Å²) in [6.45, 7) is -0.145. The Bertz CT molecular complexity index is 556. The van der Waals surface area contributed by atoms with Gasteiger partial charge in [-0.05, 0) is 12.1 Å². The van der Waals surface area contributed by atoms with Crippen LogP contribution < -0.4 is 0 Å². The fourth-order valence-corrected chi connectivity index (χ4v) is 2.23. The molecule has 1 N–H and O–H groups in total. The van der Waals surface area contributed by atoms with E-state index in [9.17, 15) is 8.60 Å². The number of hydrogen-bond acceptors (Lipinski definition) is 4. The third kappa shape index (κ3) is 3.02. The summed E-state index contributed by atoms with van der Waals surface area (Å²) >= 11 is 0. The topological polar surface area (TPSA) is 63.3 Å². The van der Waals surface area contributed by atoms with Gasteiger partial charge in [0.25, 0.3) is 0 Å². The zero-order valence-electron chi connectivity index (χ0n) is 9.51. The Hall–Kier alpha value is -1.53. The Morgan fingerprint density at radius 1 is 1.39 bits per heavy atom. The summed E-state index contributed by atoms with van der Waals surface area (Å²) in [7, 11) is -1.22. The van der Waals surface area contributed by atoms with Crippen molar-refractivity contribution >= 4 is 10.8 Å². The summed E-state index contributed by atoms with van der Waals surface area (Å²) in [6.07, 6.45) is 1.41. The average molecular weight is 269 g/mol. The highest BCUT2D eigenvalue weighted by Gasteiger charge is 2.12. The molecule has 1 aromatic heterocycles. The highest BCUT2D eigenvalue weighted by molar-refractivity contribution is 7.84. The molecule has 4 nitrogen and oxygen atoms in total. The van der Waals surface area contributed by atoms with Gasteiger partial charge in [-0.1, -0.05) is 12.1 Å². The summed E-state index contributed by atoms with van der Waals surface area (Å²) in [6, 6.07) is 6.21. The van der Waals surface area contributed by atoms with Crippen molar-refractivity contribution in [3.63, 3.8) is 0 Å². The summed E-state index contributed by atoms with van der Waals surface area (Å²) in [5, 5.41) is 8.64. The second kappa shape index (κ2) is 5.88. The highest BCUT2D eigenvalue weighted by Crippen LogP contribution is 2.23. The second-order valence-electron chi connectivity index (χ2n) is 3.61. The molecule has 0 amide bonds. The van der Waals surface area contributed by atoms with E-state index >= 15 is 0 Å². The molecule has 0 aliphatic carbocycles. The van der Waals surface area contributed by atoms with Crippen LogP contribution in [0.1, 0.15) is 5.89 Å². The number of aliphatic hydroxyl groups excluding tert-OH is 1. The monoisotopic (exact) mass is 269 g/mol. The van der Waals surface area contributed by atoms with Gasteiger partial charge in [-0.2, -0.15) is 0 Å². The third-order valence-corrected chi connectivity index (χ3v) is 3.50. The minimum absolute atomic E-state index is 0.120. The second-order valence-corrected chi connectivity index (χ2v) is 5.19. The van der Waals surface area contributed by atoms with Crippen molar-refractivity contribution in [3.05, 3.63) is 42.2 Å². The summed E-state index contributed by atoms with van der Waals surface area (Å²) in [5.41, 5.74) is 0.323. The molecular weight excluding hydrogens is 257 g/mol. The third-order valence-electron chi connectivity index (χ3n) is 2.30. The Labute approximate surface area is 106 Å². The minimum Gasteiger partial charge on any atom is -0.440 e. The largest absolute Gasteiger partial charge is 0.440 e. The Kier molecular flexibility index (Phi) is 4.22. The standard InChI is InChI=1S/C12H12FNO3S/c13-10-4-2-1-3-9(10)11-7-14-12(17-11)8-18(16)6-5-15/h1-4,7,15H,5-6,8H2. The van der Waals surface area contributed by atoms with Crippen LogP contribution in [0.5, 0.6) is 0 Å². The lowest BCUT2D eigenvalue weighted by Crippen LogP contribution is -2.04. The van der Waals surface area contributed by atoms with Crippen molar-refractivity contribution < 1.29 is 18.1 Å². The first-order valence-electron chi connectivity index (χ1n) is 5.36. The van der Waals surface area contributed by atoms with Crippen LogP contribution in [0.3, 0.4) is 0 Å². The first-order valence-corrected chi connectivity index (χ1v) is 6.85. The molecule has 96 valence electrons. The molecule has 0 saturated carbocycles. The number of oxazole rings is 1. The predicted octanol–water partition coefficient (Wildman–Crippen LogP) is 1.72. The minimum atomic E-state index is -1.22. The first kappa shape index (κ1) is 12.9. The van der Waals surface area contributed by atoms with E-state index < -0.39 is 16.6 Å². The fraction of sp³-hybridized carbons (Fsp3) is 0.250. The van der Waals surface area contributed by atoms with Crippen LogP contribution in [0.25, 0.3) is 11.3 Å². The van der Waals surface area contributed by atoms with Gasteiger partial charge in [0.05, 0.1) is 18.4 Å². The van der Waals surface area contributed by atoms with Crippen LogP contribution in [0.15, 0.2) is 34.9 Å². The van der Waals surface area contributed by atoms with Gasteiger partial charge in [-0.3, -0.25) is 4.21 Å². The number of hydrogen-bond donors (Lipinski definition) is 1. The van der Waals surface area contributed by atoms with Crippen molar-refractivity contribution in [2.45, 2.75) is 5.75 Å². The van der Waals surface area contributed by atoms with Gasteiger partial charge in [0.15, 0.2) is 5.76 Å². The van der Waals surface area contributed by atoms with E-state index in [1.165, 1.54) is 12.3 Å². The molecule has 0 saturated heterocycles. The Morgan fingerprint density at radius 3 is 2.89 bits per heavy atom. The molecular formula is C12H12FNO3S. The zero-order valence-corrected chi connectivity index (χ0v) is 10.3. The number of aromatic nitrogens is 1. The van der Waals surface area contributed by atoms with E-state index in [2.05, 4.69) is 4.98 Å². The molecule has 18 heavy (non-hydrogen) atoms. The van der Waals surface area contributed by atoms with E-state index in [1.807, 2.05) is 0 Å². The van der Waals surface area contributed by atoms with Crippen molar-refractivity contribution in [2.24, 2.45) is 0 Å². The molecule has 0 aliphatic rings. The maximum Gasteiger partial charge on any atom is 0.207 e. The quantitative estimate of drug-likeness (QED) is 0.897. The molecule has 0 bridgehead atoms. The van der Waals surface area contributed by atoms with Gasteiger partial charge in [-0.25, -0.2) is 9.37 Å². The molecule has 1 unspecified atom stereocenters. The van der Waals surface area contributed by atoms with E-state index in [0.29, 0.717) is 11.3 Å². The van der Waals surface area contributed by atoms with Crippen LogP contribution >= 0.6 is 0 Å². The van der Waals surface area contributed by atoms with E-state index in [0.717, 1.165) is 0 Å². The van der Waals surface area contributed by atoms with Crippen LogP contribution in [-0.2, 0) is 16.6 Å². The van der Waals surface area contributed by atoms with Gasteiger partial charge >= 0.3 is 0 Å². The van der Waals surface area contributed by atoms with Crippen molar-refractivity contribution in [3.8, 4) is 11.3 Å². The Balaban J connectivity index is 2.16. The lowest BCUT2D eigenvalue weighted by Gasteiger charge is -1.98. The van der Waals surface area contributed by atoms with Crippen LogP contribution in [-0.4, -0.2) is 26.7 Å². The van der Waals surface area contributed by atoms with Gasteiger partial charge in [0, 0.05) is 16.6 Å². The molecule has 0 aliphatic heterocycles. The lowest BCUT2D eigenvalue weighted by molar-refractivity contribution is 0.321. The SMILES string of the molecule is O=S(CCO)Cc1ncc(-c2ccccc2F)o1. The number of halogens is 1. The number of aliphatic hydroxyl groups is 1. The molecule has 0 radical (unpaired) electrons. The normalized spacial score (nSPS) is 12.6. The first-order chi connectivity index (χ1) is 8.70. The molecule has 1 atom stereocenters. The summed E-state index contributed by atoms with van der Waals surface area (Å²) in [4.78, 5) is 3.95. The molecule has 2 aromatic rings. The molecule has 0 spiro atoms. The van der Waals surface area contributed by atoms with E-state index in [4.69, 9.17) is 9.52 Å². The number of nitrogens with zero attached hydrogens (tertiary/aromatic N) is 1. The Morgan fingerprint density at radius 2 is 2.17 bits per heavy atom. The van der Waals surface area contributed by atoms with Gasteiger partial charge in [-0.15, -0.1) is 0 Å². The van der Waals surface area contributed by atoms with Gasteiger partial charge in [0.1, 0.15) is 11.6 Å². The zero-order chi connectivity index (χ0) is 13.0. The smallest absolute Gasteiger partial charge is 0.207 e. The highest BCUT2D eigenvalue weighted by atomic mass is 32.2. The maximum atomic E-state index is 13.5. The molecule has 0 fully saturated rings.